The molecule has 3 nitrogen and oxygen atoms in total. The Morgan fingerprint density at radius 3 is 2.44 bits per heavy atom. The molecule has 2 N–H and O–H groups in total. The number of rotatable bonds is 3. The monoisotopic (exact) mass is 260 g/mol. The van der Waals surface area contributed by atoms with Crippen molar-refractivity contribution in [1.82, 2.24) is 5.32 Å². The Kier molecular flexibility index (Phi) is 4.44. The molecule has 0 unspecified atom stereocenters. The maximum atomic E-state index is 11.9. The summed E-state index contributed by atoms with van der Waals surface area (Å²) in [7, 11) is 1.71. The summed E-state index contributed by atoms with van der Waals surface area (Å²) in [6, 6.07) is 3.26. The average Bonchev–Trinajstić information content (AvgIpc) is 2.15. The van der Waals surface area contributed by atoms with Crippen molar-refractivity contribution in [2.24, 2.45) is 0 Å². The number of anilines is 1. The highest BCUT2D eigenvalue weighted by Crippen LogP contribution is 2.29. The molecular weight excluding hydrogens is 247 g/mol. The molecule has 16 heavy (non-hydrogen) atoms. The number of carbonyl (C=O) groups excluding carboxylic acids is 1. The Labute approximate surface area is 105 Å². The Morgan fingerprint density at radius 1 is 1.31 bits per heavy atom. The van der Waals surface area contributed by atoms with Gasteiger partial charge in [-0.2, -0.15) is 0 Å². The Morgan fingerprint density at radius 2 is 1.94 bits per heavy atom. The second-order valence-corrected chi connectivity index (χ2v) is 4.53. The van der Waals surface area contributed by atoms with Crippen LogP contribution in [0.25, 0.3) is 0 Å². The van der Waals surface area contributed by atoms with Crippen LogP contribution in [0.15, 0.2) is 12.1 Å². The van der Waals surface area contributed by atoms with Crippen molar-refractivity contribution in [2.45, 2.75) is 19.9 Å². The molecule has 0 aromatic heterocycles. The van der Waals surface area contributed by atoms with E-state index in [0.717, 1.165) is 0 Å². The Hall–Kier alpha value is -0.930. The normalized spacial score (nSPS) is 10.4. The van der Waals surface area contributed by atoms with Gasteiger partial charge in [0, 0.05) is 18.1 Å². The SMILES string of the molecule is CNc1c(Cl)cc(Cl)cc1C(=O)NC(C)C. The summed E-state index contributed by atoms with van der Waals surface area (Å²) in [5, 5.41) is 6.56. The number of benzene rings is 1. The minimum absolute atomic E-state index is 0.0648. The lowest BCUT2D eigenvalue weighted by Gasteiger charge is -2.13. The largest absolute Gasteiger partial charge is 0.386 e. The number of halogens is 2. The lowest BCUT2D eigenvalue weighted by atomic mass is 10.1. The summed E-state index contributed by atoms with van der Waals surface area (Å²) in [5.41, 5.74) is 1.04. The summed E-state index contributed by atoms with van der Waals surface area (Å²) in [4.78, 5) is 11.9. The van der Waals surface area contributed by atoms with E-state index < -0.39 is 0 Å². The van der Waals surface area contributed by atoms with Crippen LogP contribution in [0, 0.1) is 0 Å². The highest BCUT2D eigenvalue weighted by atomic mass is 35.5. The molecule has 0 radical (unpaired) electrons. The predicted molar refractivity (Wildman–Crippen MR) is 68.6 cm³/mol. The fourth-order valence-corrected chi connectivity index (χ4v) is 1.93. The van der Waals surface area contributed by atoms with Gasteiger partial charge in [0.15, 0.2) is 0 Å². The molecule has 0 bridgehead atoms. The van der Waals surface area contributed by atoms with Crippen molar-refractivity contribution in [3.8, 4) is 0 Å². The number of hydrogen-bond donors (Lipinski definition) is 2. The van der Waals surface area contributed by atoms with Crippen molar-refractivity contribution in [1.29, 1.82) is 0 Å². The first-order valence-corrected chi connectivity index (χ1v) is 5.69. The van der Waals surface area contributed by atoms with Crippen molar-refractivity contribution in [3.05, 3.63) is 27.7 Å². The lowest BCUT2D eigenvalue weighted by Crippen LogP contribution is -2.30. The molecule has 0 spiro atoms. The molecule has 1 aromatic carbocycles. The summed E-state index contributed by atoms with van der Waals surface area (Å²) in [6.07, 6.45) is 0. The van der Waals surface area contributed by atoms with E-state index in [2.05, 4.69) is 10.6 Å². The molecule has 0 fully saturated rings. The molecule has 1 rings (SSSR count). The minimum atomic E-state index is -0.191. The van der Waals surface area contributed by atoms with Gasteiger partial charge in [-0.05, 0) is 26.0 Å². The van der Waals surface area contributed by atoms with Crippen LogP contribution in [0.2, 0.25) is 10.0 Å². The molecule has 0 aliphatic carbocycles. The Balaban J connectivity index is 3.15. The minimum Gasteiger partial charge on any atom is -0.386 e. The molecule has 0 aliphatic heterocycles. The number of nitrogens with one attached hydrogen (secondary N) is 2. The summed E-state index contributed by atoms with van der Waals surface area (Å²) in [6.45, 7) is 3.78. The Bertz CT molecular complexity index is 405. The molecule has 0 saturated carbocycles. The van der Waals surface area contributed by atoms with Gasteiger partial charge in [0.25, 0.3) is 5.91 Å². The van der Waals surface area contributed by atoms with Crippen LogP contribution in [-0.2, 0) is 0 Å². The fourth-order valence-electron chi connectivity index (χ4n) is 1.35. The van der Waals surface area contributed by atoms with Crippen LogP contribution < -0.4 is 10.6 Å². The molecule has 5 heteroatoms. The van der Waals surface area contributed by atoms with E-state index in [1.165, 1.54) is 0 Å². The molecule has 1 aromatic rings. The first kappa shape index (κ1) is 13.1. The van der Waals surface area contributed by atoms with Gasteiger partial charge < -0.3 is 10.6 Å². The van der Waals surface area contributed by atoms with Crippen molar-refractivity contribution in [3.63, 3.8) is 0 Å². The standard InChI is InChI=1S/C11H14Cl2N2O/c1-6(2)15-11(16)8-4-7(12)5-9(13)10(8)14-3/h4-6,14H,1-3H3,(H,15,16). The highest BCUT2D eigenvalue weighted by molar-refractivity contribution is 6.37. The zero-order valence-electron chi connectivity index (χ0n) is 9.40. The lowest BCUT2D eigenvalue weighted by molar-refractivity contribution is 0.0944. The third-order valence-electron chi connectivity index (χ3n) is 1.97. The van der Waals surface area contributed by atoms with E-state index in [4.69, 9.17) is 23.2 Å². The van der Waals surface area contributed by atoms with Crippen LogP contribution in [0.1, 0.15) is 24.2 Å². The van der Waals surface area contributed by atoms with Gasteiger partial charge in [-0.15, -0.1) is 0 Å². The fraction of sp³-hybridized carbons (Fsp3) is 0.364. The number of amides is 1. The predicted octanol–water partition coefficient (Wildman–Crippen LogP) is 3.17. The van der Waals surface area contributed by atoms with Crippen LogP contribution in [0.3, 0.4) is 0 Å². The maximum Gasteiger partial charge on any atom is 0.253 e. The van der Waals surface area contributed by atoms with Crippen LogP contribution in [-0.4, -0.2) is 19.0 Å². The third-order valence-corrected chi connectivity index (χ3v) is 2.49. The van der Waals surface area contributed by atoms with Crippen LogP contribution in [0.4, 0.5) is 5.69 Å². The van der Waals surface area contributed by atoms with Gasteiger partial charge in [-0.3, -0.25) is 4.79 Å². The van der Waals surface area contributed by atoms with Gasteiger partial charge in [0.1, 0.15) is 0 Å². The second kappa shape index (κ2) is 5.41. The molecular formula is C11H14Cl2N2O. The van der Waals surface area contributed by atoms with E-state index >= 15 is 0 Å². The highest BCUT2D eigenvalue weighted by Gasteiger charge is 2.15. The van der Waals surface area contributed by atoms with E-state index in [-0.39, 0.29) is 11.9 Å². The molecule has 0 heterocycles. The molecule has 1 amide bonds. The van der Waals surface area contributed by atoms with Crippen LogP contribution in [0.5, 0.6) is 0 Å². The van der Waals surface area contributed by atoms with Gasteiger partial charge in [-0.25, -0.2) is 0 Å². The maximum absolute atomic E-state index is 11.9. The second-order valence-electron chi connectivity index (χ2n) is 3.69. The van der Waals surface area contributed by atoms with Gasteiger partial charge in [0.2, 0.25) is 0 Å². The van der Waals surface area contributed by atoms with Gasteiger partial charge in [-0.1, -0.05) is 23.2 Å². The molecule has 0 saturated heterocycles. The van der Waals surface area contributed by atoms with Crippen LogP contribution >= 0.6 is 23.2 Å². The average molecular weight is 261 g/mol. The van der Waals surface area contributed by atoms with E-state index in [1.54, 1.807) is 19.2 Å². The first-order chi connectivity index (χ1) is 7.45. The van der Waals surface area contributed by atoms with Gasteiger partial charge >= 0.3 is 0 Å². The van der Waals surface area contributed by atoms with E-state index in [0.29, 0.717) is 21.3 Å². The summed E-state index contributed by atoms with van der Waals surface area (Å²) < 4.78 is 0. The zero-order valence-corrected chi connectivity index (χ0v) is 10.9. The number of hydrogen-bond acceptors (Lipinski definition) is 2. The smallest absolute Gasteiger partial charge is 0.253 e. The van der Waals surface area contributed by atoms with E-state index in [1.807, 2.05) is 13.8 Å². The van der Waals surface area contributed by atoms with E-state index in [9.17, 15) is 4.79 Å². The summed E-state index contributed by atoms with van der Waals surface area (Å²) in [5.74, 6) is -0.191. The summed E-state index contributed by atoms with van der Waals surface area (Å²) >= 11 is 11.9. The third kappa shape index (κ3) is 3.03. The van der Waals surface area contributed by atoms with Crippen molar-refractivity contribution in [2.75, 3.05) is 12.4 Å². The van der Waals surface area contributed by atoms with Crippen molar-refractivity contribution >= 4 is 34.8 Å². The molecule has 0 atom stereocenters. The van der Waals surface area contributed by atoms with Crippen molar-refractivity contribution < 1.29 is 4.79 Å². The zero-order chi connectivity index (χ0) is 12.3. The quantitative estimate of drug-likeness (QED) is 0.877. The van der Waals surface area contributed by atoms with Gasteiger partial charge in [0.05, 0.1) is 16.3 Å². The first-order valence-electron chi connectivity index (χ1n) is 4.93. The molecule has 88 valence electrons. The molecule has 0 aliphatic rings. The topological polar surface area (TPSA) is 41.1 Å². The number of carbonyl (C=O) groups is 1.